The second kappa shape index (κ2) is 5.93. The zero-order valence-corrected chi connectivity index (χ0v) is 12.7. The average molecular weight is 316 g/mol. The molecule has 0 radical (unpaired) electrons. The molecule has 120 valence electrons. The van der Waals surface area contributed by atoms with Crippen molar-refractivity contribution >= 4 is 0 Å². The maximum Gasteiger partial charge on any atom is 0.159 e. The van der Waals surface area contributed by atoms with Crippen LogP contribution < -0.4 is 4.74 Å². The van der Waals surface area contributed by atoms with Gasteiger partial charge in [-0.3, -0.25) is 0 Å². The highest BCUT2D eigenvalue weighted by atomic mass is 19.2. The molecule has 1 aliphatic heterocycles. The van der Waals surface area contributed by atoms with Crippen molar-refractivity contribution in [2.24, 2.45) is 5.92 Å². The molecule has 0 bridgehead atoms. The van der Waals surface area contributed by atoms with Gasteiger partial charge in [-0.25, -0.2) is 8.78 Å². The van der Waals surface area contributed by atoms with E-state index in [4.69, 9.17) is 9.47 Å². The second-order valence-corrected chi connectivity index (χ2v) is 6.36. The van der Waals surface area contributed by atoms with Crippen molar-refractivity contribution in [3.63, 3.8) is 0 Å². The maximum absolute atomic E-state index is 13.3. The van der Waals surface area contributed by atoms with E-state index in [-0.39, 0.29) is 0 Å². The summed E-state index contributed by atoms with van der Waals surface area (Å²) >= 11 is 0. The Morgan fingerprint density at radius 2 is 1.70 bits per heavy atom. The van der Waals surface area contributed by atoms with Gasteiger partial charge in [0.15, 0.2) is 11.6 Å². The van der Waals surface area contributed by atoms with Crippen molar-refractivity contribution in [3.8, 4) is 16.9 Å². The van der Waals surface area contributed by atoms with E-state index in [0.717, 1.165) is 36.6 Å². The van der Waals surface area contributed by atoms with Gasteiger partial charge in [0.25, 0.3) is 0 Å². The highest BCUT2D eigenvalue weighted by Gasteiger charge is 2.43. The van der Waals surface area contributed by atoms with E-state index >= 15 is 0 Å². The molecular weight excluding hydrogens is 298 g/mol. The molecule has 2 nitrogen and oxygen atoms in total. The van der Waals surface area contributed by atoms with Crippen LogP contribution in [-0.4, -0.2) is 18.8 Å². The van der Waals surface area contributed by atoms with Crippen LogP contribution >= 0.6 is 0 Å². The first-order valence-electron chi connectivity index (χ1n) is 8.03. The Kier molecular flexibility index (Phi) is 3.77. The highest BCUT2D eigenvalue weighted by molar-refractivity contribution is 5.64. The van der Waals surface area contributed by atoms with Gasteiger partial charge < -0.3 is 9.47 Å². The Bertz CT molecular complexity index is 699. The van der Waals surface area contributed by atoms with Gasteiger partial charge in [-0.2, -0.15) is 0 Å². The Hall–Kier alpha value is -1.94. The van der Waals surface area contributed by atoms with E-state index in [2.05, 4.69) is 0 Å². The van der Waals surface area contributed by atoms with Crippen molar-refractivity contribution < 1.29 is 18.3 Å². The number of hydrogen-bond donors (Lipinski definition) is 0. The van der Waals surface area contributed by atoms with Gasteiger partial charge in [0.1, 0.15) is 5.75 Å². The molecule has 23 heavy (non-hydrogen) atoms. The number of hydrogen-bond acceptors (Lipinski definition) is 2. The number of ether oxygens (including phenoxy) is 2. The zero-order chi connectivity index (χ0) is 15.8. The molecule has 2 aromatic rings. The summed E-state index contributed by atoms with van der Waals surface area (Å²) in [5.74, 6) is -0.302. The van der Waals surface area contributed by atoms with E-state index in [1.165, 1.54) is 6.07 Å². The standard InChI is InChI=1S/C19H18F2O2/c20-16-7-4-14(10-17(16)21)13-2-5-15(6-3-13)22-11-12-1-8-18-19(9-12)23-18/h2-7,10,12,18-19H,1,8-9,11H2. The molecule has 2 aliphatic rings. The minimum atomic E-state index is -0.833. The van der Waals surface area contributed by atoms with Crippen LogP contribution in [0.2, 0.25) is 0 Å². The largest absolute Gasteiger partial charge is 0.493 e. The number of fused-ring (bicyclic) bond motifs is 1. The topological polar surface area (TPSA) is 21.8 Å². The fraction of sp³-hybridized carbons (Fsp3) is 0.368. The third kappa shape index (κ3) is 3.22. The SMILES string of the molecule is Fc1ccc(-c2ccc(OCC3CCC4OC4C3)cc2)cc1F. The zero-order valence-electron chi connectivity index (χ0n) is 12.7. The Balaban J connectivity index is 1.38. The van der Waals surface area contributed by atoms with E-state index in [1.54, 1.807) is 6.07 Å². The molecule has 0 N–H and O–H groups in total. The van der Waals surface area contributed by atoms with Crippen molar-refractivity contribution in [2.45, 2.75) is 31.5 Å². The van der Waals surface area contributed by atoms with Crippen LogP contribution in [-0.2, 0) is 4.74 Å². The van der Waals surface area contributed by atoms with E-state index < -0.39 is 11.6 Å². The van der Waals surface area contributed by atoms with Crippen LogP contribution in [0, 0.1) is 17.6 Å². The lowest BCUT2D eigenvalue weighted by Gasteiger charge is -2.19. The summed E-state index contributed by atoms with van der Waals surface area (Å²) in [6.07, 6.45) is 4.38. The Morgan fingerprint density at radius 1 is 0.913 bits per heavy atom. The number of benzene rings is 2. The van der Waals surface area contributed by atoms with Gasteiger partial charge in [0.05, 0.1) is 18.8 Å². The predicted molar refractivity (Wildman–Crippen MR) is 83.3 cm³/mol. The van der Waals surface area contributed by atoms with Crippen LogP contribution in [0.3, 0.4) is 0 Å². The first-order valence-corrected chi connectivity index (χ1v) is 8.03. The smallest absolute Gasteiger partial charge is 0.159 e. The van der Waals surface area contributed by atoms with Gasteiger partial charge in [-0.05, 0) is 60.6 Å². The summed E-state index contributed by atoms with van der Waals surface area (Å²) < 4.78 is 37.7. The number of halogens is 2. The molecular formula is C19H18F2O2. The summed E-state index contributed by atoms with van der Waals surface area (Å²) in [7, 11) is 0. The Morgan fingerprint density at radius 3 is 2.43 bits per heavy atom. The molecule has 1 heterocycles. The first-order chi connectivity index (χ1) is 11.2. The van der Waals surface area contributed by atoms with Gasteiger partial charge in [-0.1, -0.05) is 18.2 Å². The molecule has 1 saturated heterocycles. The maximum atomic E-state index is 13.3. The van der Waals surface area contributed by atoms with Crippen molar-refractivity contribution in [2.75, 3.05) is 6.61 Å². The average Bonchev–Trinajstić information content (AvgIpc) is 3.35. The van der Waals surface area contributed by atoms with Crippen LogP contribution in [0.1, 0.15) is 19.3 Å². The van der Waals surface area contributed by atoms with Crippen molar-refractivity contribution in [1.29, 1.82) is 0 Å². The second-order valence-electron chi connectivity index (χ2n) is 6.36. The summed E-state index contributed by atoms with van der Waals surface area (Å²) in [5, 5.41) is 0. The lowest BCUT2D eigenvalue weighted by molar-refractivity contribution is 0.217. The van der Waals surface area contributed by atoms with Crippen LogP contribution in [0.15, 0.2) is 42.5 Å². The quantitative estimate of drug-likeness (QED) is 0.770. The summed E-state index contributed by atoms with van der Waals surface area (Å²) in [4.78, 5) is 0. The molecule has 0 amide bonds. The molecule has 2 fully saturated rings. The van der Waals surface area contributed by atoms with E-state index in [9.17, 15) is 8.78 Å². The number of epoxide rings is 1. The molecule has 4 heteroatoms. The van der Waals surface area contributed by atoms with Crippen molar-refractivity contribution in [3.05, 3.63) is 54.1 Å². The van der Waals surface area contributed by atoms with Crippen LogP contribution in [0.25, 0.3) is 11.1 Å². The van der Waals surface area contributed by atoms with Crippen molar-refractivity contribution in [1.82, 2.24) is 0 Å². The highest BCUT2D eigenvalue weighted by Crippen LogP contribution is 2.39. The fourth-order valence-electron chi connectivity index (χ4n) is 3.27. The monoisotopic (exact) mass is 316 g/mol. The third-order valence-corrected chi connectivity index (χ3v) is 4.71. The predicted octanol–water partition coefficient (Wildman–Crippen LogP) is 4.58. The molecule has 1 saturated carbocycles. The molecule has 3 unspecified atom stereocenters. The molecule has 4 rings (SSSR count). The minimum Gasteiger partial charge on any atom is -0.493 e. The van der Waals surface area contributed by atoms with Crippen LogP contribution in [0.4, 0.5) is 8.78 Å². The van der Waals surface area contributed by atoms with Gasteiger partial charge >= 0.3 is 0 Å². The molecule has 0 spiro atoms. The Labute approximate surface area is 134 Å². The normalized spacial score (nSPS) is 25.7. The van der Waals surface area contributed by atoms with E-state index in [0.29, 0.717) is 30.3 Å². The summed E-state index contributed by atoms with van der Waals surface area (Å²) in [5.41, 5.74) is 1.49. The van der Waals surface area contributed by atoms with Crippen LogP contribution in [0.5, 0.6) is 5.75 Å². The fourth-order valence-corrected chi connectivity index (χ4v) is 3.27. The molecule has 1 aliphatic carbocycles. The lowest BCUT2D eigenvalue weighted by atomic mass is 9.90. The lowest BCUT2D eigenvalue weighted by Crippen LogP contribution is -2.19. The van der Waals surface area contributed by atoms with Gasteiger partial charge in [0.2, 0.25) is 0 Å². The van der Waals surface area contributed by atoms with Gasteiger partial charge in [0, 0.05) is 0 Å². The minimum absolute atomic E-state index is 0.466. The summed E-state index contributed by atoms with van der Waals surface area (Å²) in [6.45, 7) is 0.705. The summed E-state index contributed by atoms with van der Waals surface area (Å²) in [6, 6.07) is 11.4. The molecule has 3 atom stereocenters. The number of rotatable bonds is 4. The van der Waals surface area contributed by atoms with Gasteiger partial charge in [-0.15, -0.1) is 0 Å². The first kappa shape index (κ1) is 14.6. The third-order valence-electron chi connectivity index (χ3n) is 4.71. The van der Waals surface area contributed by atoms with E-state index in [1.807, 2.05) is 24.3 Å². The molecule has 0 aromatic heterocycles. The molecule has 2 aromatic carbocycles.